The summed E-state index contributed by atoms with van der Waals surface area (Å²) in [6.07, 6.45) is -3.68. The number of carbonyl (C=O) groups excluding carboxylic acids is 1. The van der Waals surface area contributed by atoms with Crippen LogP contribution in [-0.2, 0) is 4.79 Å². The van der Waals surface area contributed by atoms with Crippen molar-refractivity contribution >= 4 is 23.4 Å². The molecule has 0 aromatic carbocycles. The second-order valence-corrected chi connectivity index (χ2v) is 3.74. The number of alkyl halides is 3. The normalized spacial score (nSPS) is 11.2. The summed E-state index contributed by atoms with van der Waals surface area (Å²) in [7, 11) is 0. The first kappa shape index (κ1) is 13.4. The van der Waals surface area contributed by atoms with Crippen LogP contribution in [0.2, 0.25) is 0 Å². The van der Waals surface area contributed by atoms with Crippen LogP contribution in [-0.4, -0.2) is 50.7 Å². The number of carboxylic acid groups (broad SMARTS) is 1. The fourth-order valence-electron chi connectivity index (χ4n) is 0.996. The summed E-state index contributed by atoms with van der Waals surface area (Å²) in [4.78, 5) is 21.9. The zero-order valence-corrected chi connectivity index (χ0v) is 8.96. The Balaban J connectivity index is 2.83. The molecule has 0 bridgehead atoms. The van der Waals surface area contributed by atoms with Crippen LogP contribution in [0.25, 0.3) is 0 Å². The first-order valence-corrected chi connectivity index (χ1v) is 4.92. The van der Waals surface area contributed by atoms with Crippen molar-refractivity contribution < 1.29 is 27.9 Å². The molecule has 1 heterocycles. The lowest BCUT2D eigenvalue weighted by molar-refractivity contribution is -0.149. The van der Waals surface area contributed by atoms with E-state index in [1.807, 2.05) is 0 Å². The molecule has 1 rings (SSSR count). The quantitative estimate of drug-likeness (QED) is 0.866. The SMILES string of the molecule is O=C(O)CN(CC(F)(F)F)C(=O)c1cnns1. The molecule has 17 heavy (non-hydrogen) atoms. The maximum atomic E-state index is 12.1. The van der Waals surface area contributed by atoms with Crippen molar-refractivity contribution in [3.63, 3.8) is 0 Å². The minimum absolute atomic E-state index is 0.143. The van der Waals surface area contributed by atoms with Crippen LogP contribution < -0.4 is 0 Å². The van der Waals surface area contributed by atoms with Gasteiger partial charge < -0.3 is 10.0 Å². The average Bonchev–Trinajstić information content (AvgIpc) is 2.65. The lowest BCUT2D eigenvalue weighted by Crippen LogP contribution is -2.41. The van der Waals surface area contributed by atoms with Crippen LogP contribution in [0.1, 0.15) is 9.67 Å². The summed E-state index contributed by atoms with van der Waals surface area (Å²) >= 11 is 0.600. The molecule has 0 unspecified atom stereocenters. The van der Waals surface area contributed by atoms with Gasteiger partial charge >= 0.3 is 12.1 Å². The third kappa shape index (κ3) is 4.34. The summed E-state index contributed by atoms with van der Waals surface area (Å²) in [6, 6.07) is 0. The van der Waals surface area contributed by atoms with Gasteiger partial charge in [0.05, 0.1) is 6.20 Å². The lowest BCUT2D eigenvalue weighted by atomic mass is 10.4. The van der Waals surface area contributed by atoms with Gasteiger partial charge in [-0.2, -0.15) is 13.2 Å². The monoisotopic (exact) mass is 269 g/mol. The molecule has 0 spiro atoms. The van der Waals surface area contributed by atoms with E-state index in [1.54, 1.807) is 0 Å². The Hall–Kier alpha value is -1.71. The van der Waals surface area contributed by atoms with E-state index in [1.165, 1.54) is 0 Å². The lowest BCUT2D eigenvalue weighted by Gasteiger charge is -2.20. The van der Waals surface area contributed by atoms with Gasteiger partial charge in [-0.15, -0.1) is 5.10 Å². The molecule has 6 nitrogen and oxygen atoms in total. The molecule has 0 saturated carbocycles. The molecule has 1 N–H and O–H groups in total. The highest BCUT2D eigenvalue weighted by molar-refractivity contribution is 7.07. The number of aliphatic carboxylic acids is 1. The Morgan fingerprint density at radius 3 is 2.53 bits per heavy atom. The third-order valence-electron chi connectivity index (χ3n) is 1.56. The Kier molecular flexibility index (Phi) is 3.99. The van der Waals surface area contributed by atoms with E-state index < -0.39 is 31.1 Å². The van der Waals surface area contributed by atoms with Gasteiger partial charge in [0.2, 0.25) is 0 Å². The van der Waals surface area contributed by atoms with Crippen LogP contribution in [0.3, 0.4) is 0 Å². The van der Waals surface area contributed by atoms with E-state index in [2.05, 4.69) is 9.59 Å². The van der Waals surface area contributed by atoms with Gasteiger partial charge in [-0.3, -0.25) is 9.59 Å². The molecule has 1 amide bonds. The third-order valence-corrected chi connectivity index (χ3v) is 2.21. The van der Waals surface area contributed by atoms with Crippen LogP contribution in [0.15, 0.2) is 6.20 Å². The number of hydrogen-bond donors (Lipinski definition) is 1. The van der Waals surface area contributed by atoms with Crippen molar-refractivity contribution in [1.29, 1.82) is 0 Å². The zero-order valence-electron chi connectivity index (χ0n) is 8.14. The van der Waals surface area contributed by atoms with E-state index in [-0.39, 0.29) is 9.78 Å². The van der Waals surface area contributed by atoms with Crippen molar-refractivity contribution in [1.82, 2.24) is 14.5 Å². The second-order valence-electron chi connectivity index (χ2n) is 2.95. The molecule has 0 aliphatic carbocycles. The second kappa shape index (κ2) is 5.08. The number of aromatic nitrogens is 2. The number of hydrogen-bond acceptors (Lipinski definition) is 5. The maximum absolute atomic E-state index is 12.1. The molecule has 0 fully saturated rings. The summed E-state index contributed by atoms with van der Waals surface area (Å²) in [5, 5.41) is 11.7. The number of carboxylic acids is 1. The smallest absolute Gasteiger partial charge is 0.406 e. The van der Waals surface area contributed by atoms with Crippen LogP contribution in [0.4, 0.5) is 13.2 Å². The van der Waals surface area contributed by atoms with Crippen molar-refractivity contribution in [2.24, 2.45) is 0 Å². The number of halogens is 3. The predicted octanol–water partition coefficient (Wildman–Crippen LogP) is 0.627. The van der Waals surface area contributed by atoms with Crippen LogP contribution in [0, 0.1) is 0 Å². The van der Waals surface area contributed by atoms with Gasteiger partial charge in [0, 0.05) is 0 Å². The average molecular weight is 269 g/mol. The topological polar surface area (TPSA) is 83.4 Å². The minimum atomic E-state index is -4.66. The molecule has 0 radical (unpaired) electrons. The number of carbonyl (C=O) groups is 2. The molecule has 10 heteroatoms. The molecule has 0 atom stereocenters. The summed E-state index contributed by atoms with van der Waals surface area (Å²) < 4.78 is 39.7. The molecule has 0 aliphatic heterocycles. The Bertz CT molecular complexity index is 406. The minimum Gasteiger partial charge on any atom is -0.480 e. The Morgan fingerprint density at radius 2 is 2.12 bits per heavy atom. The summed E-state index contributed by atoms with van der Waals surface area (Å²) in [5.74, 6) is -2.58. The van der Waals surface area contributed by atoms with Crippen LogP contribution >= 0.6 is 11.5 Å². The maximum Gasteiger partial charge on any atom is 0.406 e. The van der Waals surface area contributed by atoms with E-state index in [9.17, 15) is 22.8 Å². The number of nitrogens with zero attached hydrogens (tertiary/aromatic N) is 3. The van der Waals surface area contributed by atoms with Crippen molar-refractivity contribution in [2.75, 3.05) is 13.1 Å². The fourth-order valence-corrected chi connectivity index (χ4v) is 1.48. The predicted molar refractivity (Wildman–Crippen MR) is 49.5 cm³/mol. The van der Waals surface area contributed by atoms with E-state index in [0.29, 0.717) is 11.5 Å². The van der Waals surface area contributed by atoms with Gasteiger partial charge in [0.25, 0.3) is 5.91 Å². The zero-order chi connectivity index (χ0) is 13.1. The summed E-state index contributed by atoms with van der Waals surface area (Å²) in [5.41, 5.74) is 0. The molecule has 1 aromatic heterocycles. The van der Waals surface area contributed by atoms with Gasteiger partial charge in [-0.25, -0.2) is 0 Å². The van der Waals surface area contributed by atoms with Gasteiger partial charge in [-0.05, 0) is 11.5 Å². The molecule has 94 valence electrons. The van der Waals surface area contributed by atoms with Crippen molar-refractivity contribution in [3.05, 3.63) is 11.1 Å². The highest BCUT2D eigenvalue weighted by atomic mass is 32.1. The van der Waals surface area contributed by atoms with Crippen molar-refractivity contribution in [2.45, 2.75) is 6.18 Å². The molecular formula is C7H6F3N3O3S. The molecule has 0 aliphatic rings. The molecule has 0 saturated heterocycles. The molecular weight excluding hydrogens is 263 g/mol. The van der Waals surface area contributed by atoms with E-state index in [0.717, 1.165) is 6.20 Å². The van der Waals surface area contributed by atoms with Gasteiger partial charge in [0.1, 0.15) is 18.0 Å². The first-order valence-electron chi connectivity index (χ1n) is 4.15. The Labute approximate surface area is 96.8 Å². The van der Waals surface area contributed by atoms with Crippen molar-refractivity contribution in [3.8, 4) is 0 Å². The number of amides is 1. The van der Waals surface area contributed by atoms with E-state index in [4.69, 9.17) is 5.11 Å². The highest BCUT2D eigenvalue weighted by Gasteiger charge is 2.34. The largest absolute Gasteiger partial charge is 0.480 e. The first-order chi connectivity index (χ1) is 7.79. The number of rotatable bonds is 4. The molecule has 1 aromatic rings. The van der Waals surface area contributed by atoms with Gasteiger partial charge in [0.15, 0.2) is 0 Å². The standard InChI is InChI=1S/C7H6F3N3O3S/c8-7(9,10)3-13(2-5(14)15)6(16)4-1-11-12-17-4/h1H,2-3H2,(H,14,15). The summed E-state index contributed by atoms with van der Waals surface area (Å²) in [6.45, 7) is -2.66. The fraction of sp³-hybridized carbons (Fsp3) is 0.429. The van der Waals surface area contributed by atoms with Crippen LogP contribution in [0.5, 0.6) is 0 Å². The van der Waals surface area contributed by atoms with Gasteiger partial charge in [-0.1, -0.05) is 4.49 Å². The Morgan fingerprint density at radius 1 is 1.47 bits per heavy atom. The highest BCUT2D eigenvalue weighted by Crippen LogP contribution is 2.18. The van der Waals surface area contributed by atoms with E-state index >= 15 is 0 Å².